The van der Waals surface area contributed by atoms with E-state index in [4.69, 9.17) is 4.74 Å². The van der Waals surface area contributed by atoms with E-state index in [0.717, 1.165) is 35.8 Å². The van der Waals surface area contributed by atoms with Gasteiger partial charge >= 0.3 is 6.18 Å². The Morgan fingerprint density at radius 2 is 1.96 bits per heavy atom. The Bertz CT molecular complexity index is 843. The molecule has 2 heterocycles. The van der Waals surface area contributed by atoms with Crippen molar-refractivity contribution < 1.29 is 17.9 Å². The molecule has 2 aromatic rings. The number of hydrogen-bond acceptors (Lipinski definition) is 5. The van der Waals surface area contributed by atoms with Crippen LogP contribution in [0.3, 0.4) is 0 Å². The summed E-state index contributed by atoms with van der Waals surface area (Å²) in [5, 5.41) is 14.6. The van der Waals surface area contributed by atoms with Crippen molar-refractivity contribution in [3.05, 3.63) is 17.0 Å². The zero-order chi connectivity index (χ0) is 18.7. The highest BCUT2D eigenvalue weighted by Gasteiger charge is 2.59. The summed E-state index contributed by atoms with van der Waals surface area (Å²) in [6, 6.07) is 0.168. The van der Waals surface area contributed by atoms with Crippen LogP contribution in [0.5, 0.6) is 0 Å². The second-order valence-corrected chi connectivity index (χ2v) is 7.32. The third kappa shape index (κ3) is 2.39. The van der Waals surface area contributed by atoms with Crippen molar-refractivity contribution in [2.24, 2.45) is 5.41 Å². The minimum atomic E-state index is -4.60. The van der Waals surface area contributed by atoms with Gasteiger partial charge in [-0.25, -0.2) is 0 Å². The van der Waals surface area contributed by atoms with Gasteiger partial charge in [0.2, 0.25) is 0 Å². The fourth-order valence-electron chi connectivity index (χ4n) is 4.25. The van der Waals surface area contributed by atoms with E-state index in [1.807, 2.05) is 13.8 Å². The van der Waals surface area contributed by atoms with Gasteiger partial charge < -0.3 is 10.1 Å². The largest absolute Gasteiger partial charge is 0.453 e. The Morgan fingerprint density at radius 1 is 1.23 bits per heavy atom. The molecule has 142 valence electrons. The SMILES string of the molecule is CCOC1CC(Nc2nn3c(C(F)(F)F)nnc3c(C)c2C)C12CCC2. The second kappa shape index (κ2) is 5.80. The average molecular weight is 369 g/mol. The van der Waals surface area contributed by atoms with Gasteiger partial charge in [0.05, 0.1) is 6.10 Å². The van der Waals surface area contributed by atoms with Crippen molar-refractivity contribution in [3.63, 3.8) is 0 Å². The van der Waals surface area contributed by atoms with Crippen molar-refractivity contribution in [1.82, 2.24) is 19.8 Å². The Kier molecular flexibility index (Phi) is 3.91. The average Bonchev–Trinajstić information content (AvgIpc) is 2.93. The molecule has 2 unspecified atom stereocenters. The molecule has 2 aliphatic carbocycles. The van der Waals surface area contributed by atoms with Crippen molar-refractivity contribution in [2.45, 2.75) is 64.8 Å². The molecule has 0 aromatic carbocycles. The number of ether oxygens (including phenoxy) is 1. The smallest absolute Gasteiger partial charge is 0.378 e. The number of halogens is 3. The van der Waals surface area contributed by atoms with E-state index in [9.17, 15) is 13.2 Å². The maximum absolute atomic E-state index is 13.2. The predicted octanol–water partition coefficient (Wildman–Crippen LogP) is 3.52. The molecule has 26 heavy (non-hydrogen) atoms. The molecule has 0 amide bonds. The van der Waals surface area contributed by atoms with Crippen LogP contribution in [0, 0.1) is 19.3 Å². The van der Waals surface area contributed by atoms with Gasteiger partial charge in [-0.3, -0.25) is 0 Å². The van der Waals surface area contributed by atoms with Crippen molar-refractivity contribution >= 4 is 11.5 Å². The van der Waals surface area contributed by atoms with Gasteiger partial charge in [-0.2, -0.15) is 17.7 Å². The molecule has 9 heteroatoms. The molecular formula is C17H22F3N5O. The Labute approximate surface area is 149 Å². The highest BCUT2D eigenvalue weighted by molar-refractivity contribution is 5.59. The first-order chi connectivity index (χ1) is 12.3. The zero-order valence-electron chi connectivity index (χ0n) is 15.0. The summed E-state index contributed by atoms with van der Waals surface area (Å²) >= 11 is 0. The quantitative estimate of drug-likeness (QED) is 0.893. The molecule has 2 saturated carbocycles. The fourth-order valence-corrected chi connectivity index (χ4v) is 4.25. The van der Waals surface area contributed by atoms with E-state index in [0.29, 0.717) is 18.0 Å². The molecule has 1 N–H and O–H groups in total. The molecular weight excluding hydrogens is 347 g/mol. The van der Waals surface area contributed by atoms with Crippen molar-refractivity contribution in [2.75, 3.05) is 11.9 Å². The predicted molar refractivity (Wildman–Crippen MR) is 89.0 cm³/mol. The molecule has 2 atom stereocenters. The van der Waals surface area contributed by atoms with Crippen LogP contribution in [0.4, 0.5) is 19.0 Å². The second-order valence-electron chi connectivity index (χ2n) is 7.32. The molecule has 2 aromatic heterocycles. The molecule has 0 saturated heterocycles. The first kappa shape index (κ1) is 17.5. The highest BCUT2D eigenvalue weighted by Crippen LogP contribution is 2.58. The van der Waals surface area contributed by atoms with E-state index in [-0.39, 0.29) is 23.2 Å². The summed E-state index contributed by atoms with van der Waals surface area (Å²) in [5.74, 6) is -0.635. The van der Waals surface area contributed by atoms with Gasteiger partial charge in [-0.05, 0) is 45.6 Å². The van der Waals surface area contributed by atoms with Crippen LogP contribution in [0.15, 0.2) is 0 Å². The van der Waals surface area contributed by atoms with Crippen LogP contribution < -0.4 is 5.32 Å². The number of alkyl halides is 3. The minimum absolute atomic E-state index is 0.0903. The number of hydrogen-bond donors (Lipinski definition) is 1. The molecule has 0 bridgehead atoms. The maximum atomic E-state index is 13.2. The van der Waals surface area contributed by atoms with Crippen LogP contribution in [0.2, 0.25) is 0 Å². The number of nitrogens with one attached hydrogen (secondary N) is 1. The summed E-state index contributed by atoms with van der Waals surface area (Å²) in [6.07, 6.45) is -0.205. The topological polar surface area (TPSA) is 64.3 Å². The van der Waals surface area contributed by atoms with Crippen LogP contribution >= 0.6 is 0 Å². The fraction of sp³-hybridized carbons (Fsp3) is 0.706. The minimum Gasteiger partial charge on any atom is -0.378 e. The van der Waals surface area contributed by atoms with Crippen LogP contribution in [0.1, 0.15) is 49.6 Å². The highest BCUT2D eigenvalue weighted by atomic mass is 19.4. The Balaban J connectivity index is 1.68. The third-order valence-electron chi connectivity index (χ3n) is 6.10. The summed E-state index contributed by atoms with van der Waals surface area (Å²) in [4.78, 5) is 0. The molecule has 0 radical (unpaired) electrons. The maximum Gasteiger partial charge on any atom is 0.453 e. The molecule has 6 nitrogen and oxygen atoms in total. The molecule has 1 spiro atoms. The van der Waals surface area contributed by atoms with E-state index in [2.05, 4.69) is 20.6 Å². The van der Waals surface area contributed by atoms with Crippen LogP contribution in [0.25, 0.3) is 5.65 Å². The standard InChI is InChI=1S/C17H22F3N5O/c1-4-26-12-8-11(16(12)6-5-7-16)21-13-9(2)10(3)14-22-23-15(17(18,19)20)25(14)24-13/h11-12H,4-8H2,1-3H3,(H,21,24). The lowest BCUT2D eigenvalue weighted by atomic mass is 9.51. The first-order valence-electron chi connectivity index (χ1n) is 8.96. The molecule has 2 fully saturated rings. The lowest BCUT2D eigenvalue weighted by Crippen LogP contribution is -2.64. The Hall–Kier alpha value is -1.90. The van der Waals surface area contributed by atoms with Gasteiger partial charge in [-0.15, -0.1) is 15.3 Å². The lowest BCUT2D eigenvalue weighted by molar-refractivity contribution is -0.157. The number of fused-ring (bicyclic) bond motifs is 1. The molecule has 0 aliphatic heterocycles. The van der Waals surface area contributed by atoms with Gasteiger partial charge in [0, 0.05) is 23.6 Å². The monoisotopic (exact) mass is 369 g/mol. The van der Waals surface area contributed by atoms with Crippen LogP contribution in [-0.4, -0.2) is 38.6 Å². The van der Waals surface area contributed by atoms with Crippen molar-refractivity contribution in [1.29, 1.82) is 0 Å². The van der Waals surface area contributed by atoms with E-state index in [1.165, 1.54) is 0 Å². The summed E-state index contributed by atoms with van der Waals surface area (Å²) in [7, 11) is 0. The van der Waals surface area contributed by atoms with Crippen LogP contribution in [-0.2, 0) is 10.9 Å². The summed E-state index contributed by atoms with van der Waals surface area (Å²) in [6.45, 7) is 6.26. The zero-order valence-corrected chi connectivity index (χ0v) is 15.0. The van der Waals surface area contributed by atoms with Gasteiger partial charge in [0.1, 0.15) is 0 Å². The number of aromatic nitrogens is 4. The van der Waals surface area contributed by atoms with Gasteiger partial charge in [0.15, 0.2) is 11.5 Å². The Morgan fingerprint density at radius 3 is 2.54 bits per heavy atom. The molecule has 4 rings (SSSR count). The number of rotatable bonds is 4. The van der Waals surface area contributed by atoms with E-state index >= 15 is 0 Å². The van der Waals surface area contributed by atoms with Crippen molar-refractivity contribution in [3.8, 4) is 0 Å². The number of anilines is 1. The van der Waals surface area contributed by atoms with Gasteiger partial charge in [0.25, 0.3) is 5.82 Å². The summed E-state index contributed by atoms with van der Waals surface area (Å²) in [5.41, 5.74) is 1.67. The number of aryl methyl sites for hydroxylation is 1. The molecule has 2 aliphatic rings. The normalized spacial score (nSPS) is 24.5. The lowest BCUT2D eigenvalue weighted by Gasteiger charge is -2.61. The van der Waals surface area contributed by atoms with E-state index < -0.39 is 12.0 Å². The summed E-state index contributed by atoms with van der Waals surface area (Å²) < 4.78 is 46.2. The number of nitrogens with zero attached hydrogens (tertiary/aromatic N) is 4. The third-order valence-corrected chi connectivity index (χ3v) is 6.10. The van der Waals surface area contributed by atoms with Gasteiger partial charge in [-0.1, -0.05) is 6.42 Å². The first-order valence-corrected chi connectivity index (χ1v) is 8.96. The van der Waals surface area contributed by atoms with E-state index in [1.54, 1.807) is 6.92 Å².